The van der Waals surface area contributed by atoms with Gasteiger partial charge in [-0.1, -0.05) is 146 Å². The molecule has 0 fully saturated rings. The molecule has 0 saturated heterocycles. The van der Waals surface area contributed by atoms with Crippen LogP contribution in [0.2, 0.25) is 0 Å². The van der Waals surface area contributed by atoms with E-state index in [9.17, 15) is 0 Å². The molecule has 7 aromatic rings. The van der Waals surface area contributed by atoms with Crippen molar-refractivity contribution < 1.29 is 0 Å². The largest absolute Gasteiger partial charge is 0.256 e. The first kappa shape index (κ1) is 31.0. The Balaban J connectivity index is 1.06. The first-order chi connectivity index (χ1) is 23.7. The van der Waals surface area contributed by atoms with Gasteiger partial charge >= 0.3 is 0 Å². The van der Waals surface area contributed by atoms with Crippen LogP contribution in [-0.4, -0.2) is 9.97 Å². The van der Waals surface area contributed by atoms with Crippen LogP contribution in [0.5, 0.6) is 0 Å². The van der Waals surface area contributed by atoms with Gasteiger partial charge in [-0.15, -0.1) is 0 Å². The van der Waals surface area contributed by atoms with Crippen LogP contribution in [0.15, 0.2) is 170 Å². The van der Waals surface area contributed by atoms with Gasteiger partial charge in [0.25, 0.3) is 0 Å². The minimum Gasteiger partial charge on any atom is -0.256 e. The molecule has 0 bridgehead atoms. The normalized spacial score (nSPS) is 11.0. The summed E-state index contributed by atoms with van der Waals surface area (Å²) < 4.78 is 0. The summed E-state index contributed by atoms with van der Waals surface area (Å²) in [7, 11) is 0. The smallest absolute Gasteiger partial charge is 0.0705 e. The summed E-state index contributed by atoms with van der Waals surface area (Å²) >= 11 is 0. The zero-order chi connectivity index (χ0) is 32.4. The molecule has 0 radical (unpaired) electrons. The molecule has 0 saturated carbocycles. The van der Waals surface area contributed by atoms with E-state index in [0.717, 1.165) is 66.7 Å². The topological polar surface area (TPSA) is 25.8 Å². The first-order valence-corrected chi connectivity index (χ1v) is 17.0. The number of nitrogens with zero attached hydrogens (tertiary/aromatic N) is 2. The molecule has 0 N–H and O–H groups in total. The quantitative estimate of drug-likeness (QED) is 0.136. The Bertz CT molecular complexity index is 1930. The maximum atomic E-state index is 5.01. The average Bonchev–Trinajstić information content (AvgIpc) is 3.17. The maximum absolute atomic E-state index is 5.01. The van der Waals surface area contributed by atoms with Gasteiger partial charge in [-0.05, 0) is 95.7 Å². The van der Waals surface area contributed by atoms with Crippen molar-refractivity contribution in [3.05, 3.63) is 203 Å². The van der Waals surface area contributed by atoms with Crippen molar-refractivity contribution in [3.8, 4) is 33.6 Å². The van der Waals surface area contributed by atoms with Gasteiger partial charge in [0.05, 0.1) is 11.4 Å². The molecular weight excluding hydrogens is 581 g/mol. The van der Waals surface area contributed by atoms with E-state index in [4.69, 9.17) is 9.97 Å². The van der Waals surface area contributed by atoms with Crippen molar-refractivity contribution in [1.82, 2.24) is 9.97 Å². The van der Waals surface area contributed by atoms with Gasteiger partial charge < -0.3 is 0 Å². The third-order valence-corrected chi connectivity index (χ3v) is 9.02. The Morgan fingerprint density at radius 2 is 0.792 bits per heavy atom. The van der Waals surface area contributed by atoms with E-state index >= 15 is 0 Å². The van der Waals surface area contributed by atoms with Gasteiger partial charge in [0.15, 0.2) is 0 Å². The molecule has 0 spiro atoms. The number of aryl methyl sites for hydroxylation is 6. The molecule has 48 heavy (non-hydrogen) atoms. The number of rotatable bonds is 12. The molecule has 5 aromatic carbocycles. The Morgan fingerprint density at radius 1 is 0.312 bits per heavy atom. The zero-order valence-corrected chi connectivity index (χ0v) is 27.3. The second-order valence-corrected chi connectivity index (χ2v) is 12.5. The van der Waals surface area contributed by atoms with Gasteiger partial charge in [0.1, 0.15) is 0 Å². The molecule has 0 aliphatic carbocycles. The van der Waals surface area contributed by atoms with Crippen molar-refractivity contribution in [2.45, 2.75) is 38.5 Å². The molecule has 0 atom stereocenters. The molecule has 0 aliphatic heterocycles. The summed E-state index contributed by atoms with van der Waals surface area (Å²) in [6.45, 7) is 0. The second kappa shape index (κ2) is 15.3. The zero-order valence-electron chi connectivity index (χ0n) is 27.3. The van der Waals surface area contributed by atoms with Crippen LogP contribution in [0, 0.1) is 0 Å². The Labute approximate surface area is 284 Å². The summed E-state index contributed by atoms with van der Waals surface area (Å²) in [4.78, 5) is 9.78. The van der Waals surface area contributed by atoms with Crippen molar-refractivity contribution in [1.29, 1.82) is 0 Å². The third kappa shape index (κ3) is 8.21. The summed E-state index contributed by atoms with van der Waals surface area (Å²) in [6.07, 6.45) is 7.90. The van der Waals surface area contributed by atoms with Crippen LogP contribution < -0.4 is 0 Å². The van der Waals surface area contributed by atoms with Crippen LogP contribution in [0.3, 0.4) is 0 Å². The van der Waals surface area contributed by atoms with Crippen molar-refractivity contribution in [2.24, 2.45) is 0 Å². The highest BCUT2D eigenvalue weighted by Crippen LogP contribution is 2.23. The predicted octanol–water partition coefficient (Wildman–Crippen LogP) is 10.8. The third-order valence-electron chi connectivity index (χ3n) is 9.02. The van der Waals surface area contributed by atoms with Crippen molar-refractivity contribution >= 4 is 0 Å². The lowest BCUT2D eigenvalue weighted by Crippen LogP contribution is -2.01. The van der Waals surface area contributed by atoms with Crippen LogP contribution in [-0.2, 0) is 38.5 Å². The van der Waals surface area contributed by atoms with E-state index in [0.29, 0.717) is 0 Å². The van der Waals surface area contributed by atoms with Crippen LogP contribution >= 0.6 is 0 Å². The van der Waals surface area contributed by atoms with Crippen molar-refractivity contribution in [2.75, 3.05) is 0 Å². The molecular formula is C46H40N2. The Morgan fingerprint density at radius 3 is 1.38 bits per heavy atom. The number of aromatic nitrogens is 2. The SMILES string of the molecule is c1ccc(-c2ccc(CCc3cc(CCc4ccc(-c5ccccc5)nc4)cc(CCc4cccc(-c5ccccc5)n4)c3)cc2)cc1. The maximum Gasteiger partial charge on any atom is 0.0705 e. The van der Waals surface area contributed by atoms with Gasteiger partial charge in [0, 0.05) is 23.0 Å². The summed E-state index contributed by atoms with van der Waals surface area (Å²) in [6, 6.07) is 58.5. The van der Waals surface area contributed by atoms with Gasteiger partial charge in [0.2, 0.25) is 0 Å². The standard InChI is InChI=1S/C46H40N2/c1-4-11-40(12-5-1)41-27-23-35(24-28-41)19-21-37-31-38(22-20-36-26-30-45(47-34-36)42-13-6-2-7-14-42)33-39(32-37)25-29-44-17-10-18-46(48-44)43-15-8-3-9-16-43/h1-18,23-24,26-28,30-34H,19-22,25,29H2. The molecule has 2 heterocycles. The Hall–Kier alpha value is -5.60. The molecule has 0 aliphatic rings. The highest BCUT2D eigenvalue weighted by molar-refractivity contribution is 5.63. The minimum atomic E-state index is 0.912. The lowest BCUT2D eigenvalue weighted by molar-refractivity contribution is 0.886. The number of benzene rings is 5. The molecule has 0 unspecified atom stereocenters. The fraction of sp³-hybridized carbons (Fsp3) is 0.130. The number of pyridine rings is 2. The van der Waals surface area contributed by atoms with E-state index in [2.05, 4.69) is 152 Å². The van der Waals surface area contributed by atoms with E-state index in [1.165, 1.54) is 38.9 Å². The van der Waals surface area contributed by atoms with Crippen LogP contribution in [0.25, 0.3) is 33.6 Å². The molecule has 234 valence electrons. The highest BCUT2D eigenvalue weighted by atomic mass is 14.7. The summed E-state index contributed by atoms with van der Waals surface area (Å²) in [5.41, 5.74) is 14.8. The van der Waals surface area contributed by atoms with Gasteiger partial charge in [-0.2, -0.15) is 0 Å². The van der Waals surface area contributed by atoms with E-state index in [1.54, 1.807) is 0 Å². The molecule has 2 heteroatoms. The highest BCUT2D eigenvalue weighted by Gasteiger charge is 2.08. The second-order valence-electron chi connectivity index (χ2n) is 12.5. The van der Waals surface area contributed by atoms with Gasteiger partial charge in [-0.25, -0.2) is 0 Å². The number of hydrogen-bond donors (Lipinski definition) is 0. The minimum absolute atomic E-state index is 0.912. The molecule has 2 nitrogen and oxygen atoms in total. The molecule has 2 aromatic heterocycles. The van der Waals surface area contributed by atoms with Crippen LogP contribution in [0.4, 0.5) is 0 Å². The van der Waals surface area contributed by atoms with Crippen LogP contribution in [0.1, 0.15) is 33.5 Å². The van der Waals surface area contributed by atoms with E-state index in [1.807, 2.05) is 18.3 Å². The van der Waals surface area contributed by atoms with Gasteiger partial charge in [-0.3, -0.25) is 9.97 Å². The predicted molar refractivity (Wildman–Crippen MR) is 200 cm³/mol. The molecule has 7 rings (SSSR count). The lowest BCUT2D eigenvalue weighted by Gasteiger charge is -2.12. The number of hydrogen-bond acceptors (Lipinski definition) is 2. The summed E-state index contributed by atoms with van der Waals surface area (Å²) in [5.74, 6) is 0. The van der Waals surface area contributed by atoms with Crippen molar-refractivity contribution in [3.63, 3.8) is 0 Å². The average molecular weight is 621 g/mol. The lowest BCUT2D eigenvalue weighted by atomic mass is 9.94. The summed E-state index contributed by atoms with van der Waals surface area (Å²) in [5, 5.41) is 0. The molecule has 0 amide bonds. The van der Waals surface area contributed by atoms with E-state index in [-0.39, 0.29) is 0 Å². The monoisotopic (exact) mass is 620 g/mol. The van der Waals surface area contributed by atoms with E-state index < -0.39 is 0 Å². The first-order valence-electron chi connectivity index (χ1n) is 17.0. The fourth-order valence-corrected chi connectivity index (χ4v) is 6.36. The fourth-order valence-electron chi connectivity index (χ4n) is 6.36. The Kier molecular flexibility index (Phi) is 9.91.